The summed E-state index contributed by atoms with van der Waals surface area (Å²) in [5.41, 5.74) is 7.47. The number of nitrogen functional groups attached to an aromatic ring is 1. The van der Waals surface area contributed by atoms with E-state index in [1.165, 1.54) is 0 Å². The van der Waals surface area contributed by atoms with Crippen LogP contribution in [0.1, 0.15) is 29.8 Å². The number of carboxylic acid groups (broad SMARTS) is 1. The van der Waals surface area contributed by atoms with Crippen LogP contribution in [0.2, 0.25) is 0 Å². The summed E-state index contributed by atoms with van der Waals surface area (Å²) in [6, 6.07) is 5.10. The molecule has 5 heteroatoms. The molecule has 1 amide bonds. The Balaban J connectivity index is 2.75. The van der Waals surface area contributed by atoms with E-state index in [0.717, 1.165) is 0 Å². The monoisotopic (exact) mass is 264 g/mol. The second kappa shape index (κ2) is 6.22. The Bertz CT molecular complexity index is 484. The van der Waals surface area contributed by atoms with Gasteiger partial charge in [-0.2, -0.15) is 0 Å². The fourth-order valence-electron chi connectivity index (χ4n) is 1.81. The number of anilines is 1. The Hall–Kier alpha value is -2.04. The van der Waals surface area contributed by atoms with Gasteiger partial charge in [0.2, 0.25) is 0 Å². The summed E-state index contributed by atoms with van der Waals surface area (Å²) in [7, 11) is 0. The molecular weight excluding hydrogens is 244 g/mol. The maximum atomic E-state index is 12.0. The normalized spacial score (nSPS) is 12.2. The number of amides is 1. The molecular formula is C14H20N2O3. The van der Waals surface area contributed by atoms with E-state index in [4.69, 9.17) is 10.8 Å². The molecule has 0 aliphatic heterocycles. The van der Waals surface area contributed by atoms with Gasteiger partial charge < -0.3 is 16.2 Å². The largest absolute Gasteiger partial charge is 0.481 e. The molecule has 0 fully saturated rings. The lowest BCUT2D eigenvalue weighted by Crippen LogP contribution is -2.35. The molecule has 19 heavy (non-hydrogen) atoms. The fourth-order valence-corrected chi connectivity index (χ4v) is 1.81. The minimum Gasteiger partial charge on any atom is -0.481 e. The number of hydrogen-bond acceptors (Lipinski definition) is 3. The van der Waals surface area contributed by atoms with Crippen molar-refractivity contribution in [3.8, 4) is 0 Å². The highest BCUT2D eigenvalue weighted by Gasteiger charge is 2.22. The van der Waals surface area contributed by atoms with Gasteiger partial charge in [0.05, 0.1) is 5.92 Å². The van der Waals surface area contributed by atoms with Crippen molar-refractivity contribution in [2.75, 3.05) is 12.3 Å². The Labute approximate surface area is 112 Å². The molecule has 5 nitrogen and oxygen atoms in total. The lowest BCUT2D eigenvalue weighted by molar-refractivity contribution is -0.142. The molecule has 104 valence electrons. The van der Waals surface area contributed by atoms with Crippen LogP contribution in [0, 0.1) is 18.8 Å². The van der Waals surface area contributed by atoms with Crippen molar-refractivity contribution in [2.45, 2.75) is 20.8 Å². The molecule has 0 aliphatic carbocycles. The van der Waals surface area contributed by atoms with Gasteiger partial charge in [-0.05, 0) is 30.5 Å². The fraction of sp³-hybridized carbons (Fsp3) is 0.429. The summed E-state index contributed by atoms with van der Waals surface area (Å²) >= 11 is 0. The van der Waals surface area contributed by atoms with Crippen molar-refractivity contribution in [3.63, 3.8) is 0 Å². The molecule has 0 aromatic heterocycles. The SMILES string of the molecule is Cc1c(N)cccc1C(=O)NCC(C(=O)O)C(C)C. The number of hydrogen-bond donors (Lipinski definition) is 3. The quantitative estimate of drug-likeness (QED) is 0.705. The van der Waals surface area contributed by atoms with E-state index in [2.05, 4.69) is 5.32 Å². The maximum Gasteiger partial charge on any atom is 0.308 e. The van der Waals surface area contributed by atoms with Gasteiger partial charge in [-0.1, -0.05) is 19.9 Å². The zero-order valence-corrected chi connectivity index (χ0v) is 11.4. The van der Waals surface area contributed by atoms with Crippen molar-refractivity contribution in [2.24, 2.45) is 11.8 Å². The summed E-state index contributed by atoms with van der Waals surface area (Å²) in [6.07, 6.45) is 0. The molecule has 1 atom stereocenters. The van der Waals surface area contributed by atoms with Crippen molar-refractivity contribution in [3.05, 3.63) is 29.3 Å². The number of carbonyl (C=O) groups excluding carboxylic acids is 1. The minimum atomic E-state index is -0.903. The summed E-state index contributed by atoms with van der Waals surface area (Å²) in [5.74, 6) is -1.83. The third kappa shape index (κ3) is 3.71. The Morgan fingerprint density at radius 2 is 2.00 bits per heavy atom. The van der Waals surface area contributed by atoms with Crippen LogP contribution in [0.25, 0.3) is 0 Å². The zero-order chi connectivity index (χ0) is 14.6. The molecule has 0 heterocycles. The third-order valence-electron chi connectivity index (χ3n) is 3.22. The summed E-state index contributed by atoms with van der Waals surface area (Å²) in [6.45, 7) is 5.51. The van der Waals surface area contributed by atoms with Crippen LogP contribution in [-0.4, -0.2) is 23.5 Å². The summed E-state index contributed by atoms with van der Waals surface area (Å²) in [4.78, 5) is 23.0. The van der Waals surface area contributed by atoms with Crippen molar-refractivity contribution in [1.29, 1.82) is 0 Å². The van der Waals surface area contributed by atoms with E-state index in [1.807, 2.05) is 13.8 Å². The van der Waals surface area contributed by atoms with Crippen molar-refractivity contribution in [1.82, 2.24) is 5.32 Å². The Kier molecular flexibility index (Phi) is 4.92. The van der Waals surface area contributed by atoms with Gasteiger partial charge in [0, 0.05) is 17.8 Å². The number of aliphatic carboxylic acids is 1. The van der Waals surface area contributed by atoms with Gasteiger partial charge in [-0.3, -0.25) is 9.59 Å². The molecule has 1 rings (SSSR count). The zero-order valence-electron chi connectivity index (χ0n) is 11.4. The summed E-state index contributed by atoms with van der Waals surface area (Å²) in [5, 5.41) is 11.7. The van der Waals surface area contributed by atoms with E-state index in [1.54, 1.807) is 25.1 Å². The second-order valence-corrected chi connectivity index (χ2v) is 4.92. The Morgan fingerprint density at radius 3 is 2.53 bits per heavy atom. The van der Waals surface area contributed by atoms with Gasteiger partial charge in [0.1, 0.15) is 0 Å². The first kappa shape index (κ1) is 15.0. The van der Waals surface area contributed by atoms with Gasteiger partial charge in [-0.15, -0.1) is 0 Å². The minimum absolute atomic E-state index is 0.0419. The molecule has 0 radical (unpaired) electrons. The highest BCUT2D eigenvalue weighted by atomic mass is 16.4. The van der Waals surface area contributed by atoms with Gasteiger partial charge >= 0.3 is 5.97 Å². The highest BCUT2D eigenvalue weighted by Crippen LogP contribution is 2.16. The number of rotatable bonds is 5. The van der Waals surface area contributed by atoms with Crippen LogP contribution in [-0.2, 0) is 4.79 Å². The number of carboxylic acids is 1. The van der Waals surface area contributed by atoms with Crippen LogP contribution in [0.3, 0.4) is 0 Å². The number of nitrogens with two attached hydrogens (primary N) is 1. The third-order valence-corrected chi connectivity index (χ3v) is 3.22. The van der Waals surface area contributed by atoms with Crippen molar-refractivity contribution >= 4 is 17.6 Å². The topological polar surface area (TPSA) is 92.4 Å². The molecule has 0 bridgehead atoms. The van der Waals surface area contributed by atoms with Crippen LogP contribution < -0.4 is 11.1 Å². The average Bonchev–Trinajstić information content (AvgIpc) is 2.31. The lowest BCUT2D eigenvalue weighted by atomic mass is 9.96. The number of nitrogens with one attached hydrogen (secondary N) is 1. The maximum absolute atomic E-state index is 12.0. The summed E-state index contributed by atoms with van der Waals surface area (Å²) < 4.78 is 0. The first-order chi connectivity index (χ1) is 8.84. The van der Waals surface area contributed by atoms with Crippen LogP contribution in [0.4, 0.5) is 5.69 Å². The Morgan fingerprint density at radius 1 is 1.37 bits per heavy atom. The molecule has 1 aromatic rings. The van der Waals surface area contributed by atoms with Gasteiger partial charge in [0.25, 0.3) is 5.91 Å². The highest BCUT2D eigenvalue weighted by molar-refractivity contribution is 5.97. The van der Waals surface area contributed by atoms with Gasteiger partial charge in [-0.25, -0.2) is 0 Å². The molecule has 1 unspecified atom stereocenters. The van der Waals surface area contributed by atoms with E-state index < -0.39 is 11.9 Å². The molecule has 0 aliphatic rings. The predicted molar refractivity (Wildman–Crippen MR) is 73.9 cm³/mol. The lowest BCUT2D eigenvalue weighted by Gasteiger charge is -2.17. The number of benzene rings is 1. The average molecular weight is 264 g/mol. The van der Waals surface area contributed by atoms with E-state index >= 15 is 0 Å². The first-order valence-electron chi connectivity index (χ1n) is 6.20. The van der Waals surface area contributed by atoms with E-state index in [9.17, 15) is 9.59 Å². The predicted octanol–water partition coefficient (Wildman–Crippen LogP) is 1.66. The number of carbonyl (C=O) groups is 2. The molecule has 0 saturated heterocycles. The van der Waals surface area contributed by atoms with Crippen LogP contribution in [0.5, 0.6) is 0 Å². The molecule has 0 saturated carbocycles. The molecule has 0 spiro atoms. The van der Waals surface area contributed by atoms with Crippen LogP contribution in [0.15, 0.2) is 18.2 Å². The van der Waals surface area contributed by atoms with Gasteiger partial charge in [0.15, 0.2) is 0 Å². The molecule has 1 aromatic carbocycles. The standard InChI is InChI=1S/C14H20N2O3/c1-8(2)11(14(18)19)7-16-13(17)10-5-4-6-12(15)9(10)3/h4-6,8,11H,7,15H2,1-3H3,(H,16,17)(H,18,19). The molecule has 4 N–H and O–H groups in total. The van der Waals surface area contributed by atoms with E-state index in [-0.39, 0.29) is 18.4 Å². The van der Waals surface area contributed by atoms with Crippen LogP contribution >= 0.6 is 0 Å². The smallest absolute Gasteiger partial charge is 0.308 e. The second-order valence-electron chi connectivity index (χ2n) is 4.92. The van der Waals surface area contributed by atoms with E-state index in [0.29, 0.717) is 16.8 Å². The first-order valence-corrected chi connectivity index (χ1v) is 6.20. The van der Waals surface area contributed by atoms with Crippen molar-refractivity contribution < 1.29 is 14.7 Å².